The summed E-state index contributed by atoms with van der Waals surface area (Å²) in [4.78, 5) is 12.1. The molecule has 0 spiro atoms. The Morgan fingerprint density at radius 3 is 2.68 bits per heavy atom. The number of urea groups is 1. The van der Waals surface area contributed by atoms with Gasteiger partial charge in [-0.2, -0.15) is 5.26 Å². The number of nitriles is 1. The molecule has 1 aliphatic heterocycles. The lowest BCUT2D eigenvalue weighted by Crippen LogP contribution is -2.59. The maximum atomic E-state index is 12.1. The highest BCUT2D eigenvalue weighted by molar-refractivity contribution is 5.75. The lowest BCUT2D eigenvalue weighted by molar-refractivity contribution is 0.0518. The van der Waals surface area contributed by atoms with Gasteiger partial charge in [0.1, 0.15) is 11.4 Å². The number of ether oxygens (including phenoxy) is 1. The second-order valence-electron chi connectivity index (χ2n) is 7.24. The third-order valence-electron chi connectivity index (χ3n) is 3.62. The average molecular weight is 301 g/mol. The number of fused-ring (bicyclic) bond motifs is 1. The molecule has 0 unspecified atom stereocenters. The fraction of sp³-hybridized carbons (Fsp3) is 0.529. The van der Waals surface area contributed by atoms with E-state index in [-0.39, 0.29) is 17.6 Å². The van der Waals surface area contributed by atoms with Crippen LogP contribution in [-0.4, -0.2) is 23.2 Å². The predicted octanol–water partition coefficient (Wildman–Crippen LogP) is 2.74. The van der Waals surface area contributed by atoms with Crippen LogP contribution < -0.4 is 15.4 Å². The molecule has 0 saturated carbocycles. The maximum absolute atomic E-state index is 12.1. The first kappa shape index (κ1) is 16.2. The fourth-order valence-corrected chi connectivity index (χ4v) is 2.49. The van der Waals surface area contributed by atoms with Crippen LogP contribution in [0.3, 0.4) is 0 Å². The first-order valence-electron chi connectivity index (χ1n) is 7.41. The zero-order valence-electron chi connectivity index (χ0n) is 13.8. The van der Waals surface area contributed by atoms with Crippen LogP contribution in [0.5, 0.6) is 5.75 Å². The molecule has 1 aromatic rings. The summed E-state index contributed by atoms with van der Waals surface area (Å²) in [6.07, 6.45) is 0.634. The van der Waals surface area contributed by atoms with Crippen molar-refractivity contribution in [3.05, 3.63) is 29.3 Å². The summed E-state index contributed by atoms with van der Waals surface area (Å²) in [5.41, 5.74) is 0.728. The standard InChI is InChI=1S/C17H23N3O2/c1-16(2,3)20-15(21)19-14-9-12-8-11(10-18)6-7-13(12)22-17(14,4)5/h6-8,14H,9H2,1-5H3,(H2,19,20,21)/t14-/m0/s1. The normalized spacial score (nSPS) is 19.4. The van der Waals surface area contributed by atoms with Crippen LogP contribution in [0.2, 0.25) is 0 Å². The van der Waals surface area contributed by atoms with Gasteiger partial charge in [0.05, 0.1) is 17.7 Å². The Kier molecular flexibility index (Phi) is 4.06. The Labute approximate surface area is 131 Å². The molecule has 1 aromatic carbocycles. The van der Waals surface area contributed by atoms with Crippen molar-refractivity contribution < 1.29 is 9.53 Å². The molecule has 2 amide bonds. The fourth-order valence-electron chi connectivity index (χ4n) is 2.49. The summed E-state index contributed by atoms with van der Waals surface area (Å²) < 4.78 is 6.01. The van der Waals surface area contributed by atoms with Crippen LogP contribution in [0, 0.1) is 11.3 Å². The Morgan fingerprint density at radius 2 is 2.09 bits per heavy atom. The minimum atomic E-state index is -0.517. The third-order valence-corrected chi connectivity index (χ3v) is 3.62. The van der Waals surface area contributed by atoms with Crippen molar-refractivity contribution in [3.8, 4) is 11.8 Å². The quantitative estimate of drug-likeness (QED) is 0.837. The van der Waals surface area contributed by atoms with E-state index >= 15 is 0 Å². The minimum absolute atomic E-state index is 0.170. The molecule has 0 fully saturated rings. The molecular formula is C17H23N3O2. The van der Waals surface area contributed by atoms with Crippen LogP contribution >= 0.6 is 0 Å². The number of nitrogens with one attached hydrogen (secondary N) is 2. The maximum Gasteiger partial charge on any atom is 0.315 e. The van der Waals surface area contributed by atoms with Crippen LogP contribution in [0.1, 0.15) is 45.7 Å². The molecule has 0 radical (unpaired) electrons. The van der Waals surface area contributed by atoms with Gasteiger partial charge < -0.3 is 15.4 Å². The highest BCUT2D eigenvalue weighted by Crippen LogP contribution is 2.33. The molecule has 0 aromatic heterocycles. The van der Waals surface area contributed by atoms with E-state index in [1.807, 2.05) is 46.8 Å². The second kappa shape index (κ2) is 5.53. The van der Waals surface area contributed by atoms with Crippen LogP contribution in [0.15, 0.2) is 18.2 Å². The summed E-state index contributed by atoms with van der Waals surface area (Å²) in [5, 5.41) is 14.9. The van der Waals surface area contributed by atoms with Crippen molar-refractivity contribution in [2.75, 3.05) is 0 Å². The average Bonchev–Trinajstić information content (AvgIpc) is 2.36. The highest BCUT2D eigenvalue weighted by Gasteiger charge is 2.38. The number of hydrogen-bond donors (Lipinski definition) is 2. The number of benzene rings is 1. The van der Waals surface area contributed by atoms with E-state index in [0.29, 0.717) is 12.0 Å². The first-order chi connectivity index (χ1) is 10.1. The van der Waals surface area contributed by atoms with Gasteiger partial charge in [0.2, 0.25) is 0 Å². The number of carbonyl (C=O) groups is 1. The number of rotatable bonds is 1. The van der Waals surface area contributed by atoms with Gasteiger partial charge in [-0.25, -0.2) is 4.79 Å². The number of amides is 2. The smallest absolute Gasteiger partial charge is 0.315 e. The summed E-state index contributed by atoms with van der Waals surface area (Å²) in [6.45, 7) is 9.71. The minimum Gasteiger partial charge on any atom is -0.485 e. The van der Waals surface area contributed by atoms with E-state index in [0.717, 1.165) is 11.3 Å². The van der Waals surface area contributed by atoms with Gasteiger partial charge >= 0.3 is 6.03 Å². The zero-order chi connectivity index (χ0) is 16.5. The van der Waals surface area contributed by atoms with Crippen LogP contribution in [0.25, 0.3) is 0 Å². The molecule has 0 bridgehead atoms. The van der Waals surface area contributed by atoms with Crippen molar-refractivity contribution in [1.29, 1.82) is 5.26 Å². The largest absolute Gasteiger partial charge is 0.485 e. The lowest BCUT2D eigenvalue weighted by Gasteiger charge is -2.40. The summed E-state index contributed by atoms with van der Waals surface area (Å²) in [7, 11) is 0. The summed E-state index contributed by atoms with van der Waals surface area (Å²) in [5.74, 6) is 0.776. The molecule has 5 nitrogen and oxygen atoms in total. The monoisotopic (exact) mass is 301 g/mol. The van der Waals surface area contributed by atoms with Crippen molar-refractivity contribution in [3.63, 3.8) is 0 Å². The van der Waals surface area contributed by atoms with Crippen molar-refractivity contribution >= 4 is 6.03 Å². The molecule has 2 N–H and O–H groups in total. The topological polar surface area (TPSA) is 74.2 Å². The van der Waals surface area contributed by atoms with Gasteiger partial charge in [0, 0.05) is 12.0 Å². The van der Waals surface area contributed by atoms with Gasteiger partial charge in [-0.3, -0.25) is 0 Å². The number of nitrogens with zero attached hydrogens (tertiary/aromatic N) is 1. The molecule has 1 atom stereocenters. The first-order valence-corrected chi connectivity index (χ1v) is 7.41. The molecule has 0 saturated heterocycles. The Bertz CT molecular complexity index is 624. The number of hydrogen-bond acceptors (Lipinski definition) is 3. The molecule has 5 heteroatoms. The summed E-state index contributed by atoms with van der Waals surface area (Å²) in [6, 6.07) is 7.13. The molecular weight excluding hydrogens is 278 g/mol. The van der Waals surface area contributed by atoms with Crippen LogP contribution in [-0.2, 0) is 6.42 Å². The molecule has 22 heavy (non-hydrogen) atoms. The number of carbonyl (C=O) groups excluding carboxylic acids is 1. The van der Waals surface area contributed by atoms with E-state index in [2.05, 4.69) is 16.7 Å². The van der Waals surface area contributed by atoms with Crippen molar-refractivity contribution in [2.24, 2.45) is 0 Å². The molecule has 1 aliphatic rings. The highest BCUT2D eigenvalue weighted by atomic mass is 16.5. The third kappa shape index (κ3) is 3.70. The molecule has 118 valence electrons. The van der Waals surface area contributed by atoms with E-state index in [1.54, 1.807) is 6.07 Å². The Balaban J connectivity index is 2.18. The van der Waals surface area contributed by atoms with E-state index in [1.165, 1.54) is 0 Å². The van der Waals surface area contributed by atoms with Gasteiger partial charge in [-0.05, 0) is 58.4 Å². The second-order valence-corrected chi connectivity index (χ2v) is 7.24. The molecule has 0 aliphatic carbocycles. The molecule has 1 heterocycles. The summed E-state index contributed by atoms with van der Waals surface area (Å²) >= 11 is 0. The predicted molar refractivity (Wildman–Crippen MR) is 84.8 cm³/mol. The zero-order valence-corrected chi connectivity index (χ0v) is 13.8. The van der Waals surface area contributed by atoms with E-state index < -0.39 is 5.60 Å². The van der Waals surface area contributed by atoms with Crippen LogP contribution in [0.4, 0.5) is 4.79 Å². The van der Waals surface area contributed by atoms with Crippen molar-refractivity contribution in [1.82, 2.24) is 10.6 Å². The van der Waals surface area contributed by atoms with Crippen molar-refractivity contribution in [2.45, 2.75) is 58.2 Å². The Morgan fingerprint density at radius 1 is 1.41 bits per heavy atom. The Hall–Kier alpha value is -2.22. The van der Waals surface area contributed by atoms with Gasteiger partial charge in [-0.1, -0.05) is 0 Å². The SMILES string of the molecule is CC(C)(C)NC(=O)N[C@H]1Cc2cc(C#N)ccc2OC1(C)C. The van der Waals surface area contributed by atoms with Gasteiger partial charge in [0.25, 0.3) is 0 Å². The lowest BCUT2D eigenvalue weighted by atomic mass is 9.88. The van der Waals surface area contributed by atoms with E-state index in [9.17, 15) is 4.79 Å². The van der Waals surface area contributed by atoms with Gasteiger partial charge in [0.15, 0.2) is 0 Å². The molecule has 2 rings (SSSR count). The van der Waals surface area contributed by atoms with E-state index in [4.69, 9.17) is 10.00 Å². The van der Waals surface area contributed by atoms with Gasteiger partial charge in [-0.15, -0.1) is 0 Å².